The predicted molar refractivity (Wildman–Crippen MR) is 108 cm³/mol. The summed E-state index contributed by atoms with van der Waals surface area (Å²) in [7, 11) is -3.49. The van der Waals surface area contributed by atoms with Gasteiger partial charge in [0, 0.05) is 37.8 Å². The highest BCUT2D eigenvalue weighted by molar-refractivity contribution is 8.18. The van der Waals surface area contributed by atoms with E-state index in [2.05, 4.69) is 10.3 Å². The third-order valence-corrected chi connectivity index (χ3v) is 7.12. The van der Waals surface area contributed by atoms with Crippen molar-refractivity contribution >= 4 is 38.9 Å². The van der Waals surface area contributed by atoms with E-state index in [1.54, 1.807) is 42.5 Å². The number of amidine groups is 1. The van der Waals surface area contributed by atoms with Gasteiger partial charge < -0.3 is 15.5 Å². The standard InChI is InChI=1S/C18H18N4O4S2/c19-18-21-17(23)16(27-18)11-13-3-6-15(26-13)12-1-4-14(5-2-12)28(24,25)22-9-7-20-8-10-22/h1-6,11,20H,7-10H2,(H2,19,21,23)/b16-11-. The molecule has 0 atom stereocenters. The van der Waals surface area contributed by atoms with Crippen LogP contribution in [0.5, 0.6) is 0 Å². The number of sulfonamides is 1. The molecule has 1 amide bonds. The van der Waals surface area contributed by atoms with Gasteiger partial charge in [0.05, 0.1) is 9.80 Å². The highest BCUT2D eigenvalue weighted by atomic mass is 32.2. The van der Waals surface area contributed by atoms with E-state index in [-0.39, 0.29) is 16.0 Å². The van der Waals surface area contributed by atoms with E-state index in [1.165, 1.54) is 4.31 Å². The molecule has 1 saturated heterocycles. The normalized spacial score (nSPS) is 19.9. The van der Waals surface area contributed by atoms with Crippen LogP contribution in [0.2, 0.25) is 0 Å². The molecule has 0 saturated carbocycles. The van der Waals surface area contributed by atoms with Gasteiger partial charge in [-0.15, -0.1) is 0 Å². The predicted octanol–water partition coefficient (Wildman–Crippen LogP) is 1.47. The molecule has 2 aromatic rings. The molecule has 4 rings (SSSR count). The molecule has 146 valence electrons. The Morgan fingerprint density at radius 1 is 1.14 bits per heavy atom. The first kappa shape index (κ1) is 18.9. The van der Waals surface area contributed by atoms with Gasteiger partial charge >= 0.3 is 0 Å². The molecule has 3 heterocycles. The van der Waals surface area contributed by atoms with Gasteiger partial charge in [0.1, 0.15) is 11.5 Å². The van der Waals surface area contributed by atoms with E-state index in [0.29, 0.717) is 42.6 Å². The molecule has 2 aliphatic rings. The monoisotopic (exact) mass is 418 g/mol. The number of carbonyl (C=O) groups excluding carboxylic acids is 1. The number of nitrogens with two attached hydrogens (primary N) is 1. The summed E-state index contributed by atoms with van der Waals surface area (Å²) in [5, 5.41) is 3.35. The number of aliphatic imine (C=N–C) groups is 1. The molecule has 10 heteroatoms. The van der Waals surface area contributed by atoms with Gasteiger partial charge in [0.15, 0.2) is 5.17 Å². The van der Waals surface area contributed by atoms with E-state index in [1.807, 2.05) is 0 Å². The molecule has 0 radical (unpaired) electrons. The summed E-state index contributed by atoms with van der Waals surface area (Å²) < 4.78 is 32.6. The molecule has 0 aliphatic carbocycles. The molecule has 1 aromatic heterocycles. The number of hydrogen-bond acceptors (Lipinski definition) is 7. The summed E-state index contributed by atoms with van der Waals surface area (Å²) >= 11 is 1.10. The van der Waals surface area contributed by atoms with E-state index in [4.69, 9.17) is 10.2 Å². The SMILES string of the molecule is NC1=NC(=O)/C(=C/c2ccc(-c3ccc(S(=O)(=O)N4CCNCC4)cc3)o2)S1. The number of rotatable bonds is 4. The summed E-state index contributed by atoms with van der Waals surface area (Å²) in [5.74, 6) is 0.679. The number of nitrogens with one attached hydrogen (secondary N) is 1. The third-order valence-electron chi connectivity index (χ3n) is 4.39. The van der Waals surface area contributed by atoms with Crippen molar-refractivity contribution in [2.75, 3.05) is 26.2 Å². The second-order valence-corrected chi connectivity index (χ2v) is 9.25. The molecule has 2 aliphatic heterocycles. The van der Waals surface area contributed by atoms with Crippen LogP contribution < -0.4 is 11.1 Å². The number of piperazine rings is 1. The Morgan fingerprint density at radius 3 is 2.50 bits per heavy atom. The Labute approximate surface area is 166 Å². The first-order chi connectivity index (χ1) is 13.4. The van der Waals surface area contributed by atoms with Crippen LogP contribution in [-0.4, -0.2) is 50.0 Å². The van der Waals surface area contributed by atoms with Gasteiger partial charge in [-0.3, -0.25) is 4.79 Å². The second kappa shape index (κ2) is 7.55. The van der Waals surface area contributed by atoms with Gasteiger partial charge in [0.2, 0.25) is 10.0 Å². The van der Waals surface area contributed by atoms with Crippen LogP contribution >= 0.6 is 11.8 Å². The summed E-state index contributed by atoms with van der Waals surface area (Å²) in [4.78, 5) is 16.0. The van der Waals surface area contributed by atoms with Crippen LogP contribution in [0.3, 0.4) is 0 Å². The number of furan rings is 1. The fraction of sp³-hybridized carbons (Fsp3) is 0.222. The first-order valence-electron chi connectivity index (χ1n) is 8.63. The average Bonchev–Trinajstić information content (AvgIpc) is 3.29. The van der Waals surface area contributed by atoms with Crippen molar-refractivity contribution < 1.29 is 17.6 Å². The smallest absolute Gasteiger partial charge is 0.286 e. The fourth-order valence-corrected chi connectivity index (χ4v) is 5.07. The minimum absolute atomic E-state index is 0.212. The molecule has 0 unspecified atom stereocenters. The lowest BCUT2D eigenvalue weighted by atomic mass is 10.2. The Bertz CT molecular complexity index is 1070. The zero-order valence-electron chi connectivity index (χ0n) is 14.8. The molecular formula is C18H18N4O4S2. The van der Waals surface area contributed by atoms with Gasteiger partial charge in [-0.2, -0.15) is 9.30 Å². The van der Waals surface area contributed by atoms with Crippen LogP contribution in [0.4, 0.5) is 0 Å². The third kappa shape index (κ3) is 3.76. The van der Waals surface area contributed by atoms with Crippen molar-refractivity contribution in [1.29, 1.82) is 0 Å². The highest BCUT2D eigenvalue weighted by Gasteiger charge is 2.25. The van der Waals surface area contributed by atoms with Crippen molar-refractivity contribution in [2.24, 2.45) is 10.7 Å². The van der Waals surface area contributed by atoms with Gasteiger partial charge in [0.25, 0.3) is 5.91 Å². The molecule has 3 N–H and O–H groups in total. The van der Waals surface area contributed by atoms with Crippen LogP contribution in [0, 0.1) is 0 Å². The van der Waals surface area contributed by atoms with Crippen LogP contribution in [0.25, 0.3) is 17.4 Å². The lowest BCUT2D eigenvalue weighted by Gasteiger charge is -2.26. The largest absolute Gasteiger partial charge is 0.457 e. The number of amides is 1. The van der Waals surface area contributed by atoms with E-state index in [9.17, 15) is 13.2 Å². The van der Waals surface area contributed by atoms with Gasteiger partial charge in [-0.1, -0.05) is 0 Å². The van der Waals surface area contributed by atoms with Gasteiger partial charge in [-0.05, 0) is 48.2 Å². The molecule has 0 spiro atoms. The maximum atomic E-state index is 12.7. The minimum Gasteiger partial charge on any atom is -0.457 e. The maximum Gasteiger partial charge on any atom is 0.286 e. The van der Waals surface area contributed by atoms with Crippen molar-refractivity contribution in [3.05, 3.63) is 47.1 Å². The fourth-order valence-electron chi connectivity index (χ4n) is 2.97. The molecule has 1 aromatic carbocycles. The van der Waals surface area contributed by atoms with Gasteiger partial charge in [-0.25, -0.2) is 8.42 Å². The lowest BCUT2D eigenvalue weighted by Crippen LogP contribution is -2.46. The summed E-state index contributed by atoms with van der Waals surface area (Å²) in [5.41, 5.74) is 6.27. The maximum absolute atomic E-state index is 12.7. The van der Waals surface area contributed by atoms with E-state index >= 15 is 0 Å². The molecule has 1 fully saturated rings. The molecular weight excluding hydrogens is 400 g/mol. The number of carbonyl (C=O) groups is 1. The Kier molecular flexibility index (Phi) is 5.11. The molecule has 28 heavy (non-hydrogen) atoms. The Balaban J connectivity index is 1.53. The number of thioether (sulfide) groups is 1. The van der Waals surface area contributed by atoms with Crippen LogP contribution in [-0.2, 0) is 14.8 Å². The Morgan fingerprint density at radius 2 is 1.86 bits per heavy atom. The Hall–Kier alpha value is -2.40. The van der Waals surface area contributed by atoms with Crippen LogP contribution in [0.1, 0.15) is 5.76 Å². The summed E-state index contributed by atoms with van der Waals surface area (Å²) in [6, 6.07) is 10.1. The van der Waals surface area contributed by atoms with E-state index in [0.717, 1.165) is 17.3 Å². The average molecular weight is 419 g/mol. The van der Waals surface area contributed by atoms with Crippen molar-refractivity contribution in [2.45, 2.75) is 4.90 Å². The topological polar surface area (TPSA) is 118 Å². The quantitative estimate of drug-likeness (QED) is 0.722. The van der Waals surface area contributed by atoms with E-state index < -0.39 is 10.0 Å². The second-order valence-electron chi connectivity index (χ2n) is 6.25. The van der Waals surface area contributed by atoms with Crippen molar-refractivity contribution in [1.82, 2.24) is 9.62 Å². The molecule has 8 nitrogen and oxygen atoms in total. The summed E-state index contributed by atoms with van der Waals surface area (Å²) in [6.45, 7) is 2.23. The number of benzene rings is 1. The minimum atomic E-state index is -3.49. The zero-order valence-corrected chi connectivity index (χ0v) is 16.4. The number of hydrogen-bond donors (Lipinski definition) is 2. The van der Waals surface area contributed by atoms with Crippen molar-refractivity contribution in [3.8, 4) is 11.3 Å². The first-order valence-corrected chi connectivity index (χ1v) is 10.9. The number of nitrogens with zero attached hydrogens (tertiary/aromatic N) is 2. The van der Waals surface area contributed by atoms with Crippen molar-refractivity contribution in [3.63, 3.8) is 0 Å². The summed E-state index contributed by atoms with van der Waals surface area (Å²) in [6.07, 6.45) is 1.59. The van der Waals surface area contributed by atoms with Crippen LogP contribution in [0.15, 0.2) is 55.6 Å². The lowest BCUT2D eigenvalue weighted by molar-refractivity contribution is -0.113. The zero-order chi connectivity index (χ0) is 19.7. The molecule has 0 bridgehead atoms. The highest BCUT2D eigenvalue weighted by Crippen LogP contribution is 2.29.